The van der Waals surface area contributed by atoms with Crippen molar-refractivity contribution in [3.05, 3.63) is 77.9 Å². The van der Waals surface area contributed by atoms with Gasteiger partial charge in [-0.15, -0.1) is 0 Å². The van der Waals surface area contributed by atoms with Crippen molar-refractivity contribution in [2.45, 2.75) is 52.8 Å². The number of amides is 1. The minimum absolute atomic E-state index is 0.0132. The van der Waals surface area contributed by atoms with Crippen LogP contribution in [-0.2, 0) is 13.1 Å². The molecule has 1 N–H and O–H groups in total. The van der Waals surface area contributed by atoms with Gasteiger partial charge in [-0.05, 0) is 87.3 Å². The lowest BCUT2D eigenvalue weighted by molar-refractivity contribution is 0.0928. The van der Waals surface area contributed by atoms with E-state index in [0.29, 0.717) is 12.1 Å². The number of para-hydroxylation sites is 1. The topological polar surface area (TPSA) is 49.7 Å². The number of carbonyl (C=O) groups excluding carboxylic acids is 1. The van der Waals surface area contributed by atoms with Gasteiger partial charge in [0, 0.05) is 66.6 Å². The Kier molecular flexibility index (Phi) is 8.48. The molecule has 212 valence electrons. The summed E-state index contributed by atoms with van der Waals surface area (Å²) in [6.45, 7) is 12.1. The van der Waals surface area contributed by atoms with Gasteiger partial charge in [0.2, 0.25) is 0 Å². The second-order valence-corrected chi connectivity index (χ2v) is 12.3. The van der Waals surface area contributed by atoms with E-state index in [2.05, 4.69) is 97.0 Å². The predicted octanol–water partition coefficient (Wildman–Crippen LogP) is 6.18. The summed E-state index contributed by atoms with van der Waals surface area (Å²) >= 11 is 0. The van der Waals surface area contributed by atoms with Crippen LogP contribution in [0.25, 0.3) is 21.8 Å². The zero-order valence-electron chi connectivity index (χ0n) is 24.7. The van der Waals surface area contributed by atoms with E-state index in [1.54, 1.807) is 0 Å². The number of rotatable bonds is 10. The largest absolute Gasteiger partial charge is 0.490 e. The fourth-order valence-electron chi connectivity index (χ4n) is 6.19. The van der Waals surface area contributed by atoms with E-state index in [4.69, 9.17) is 4.74 Å². The highest BCUT2D eigenvalue weighted by Crippen LogP contribution is 2.30. The lowest BCUT2D eigenvalue weighted by Crippen LogP contribution is -2.40. The fraction of sp³-hybridized carbons (Fsp3) is 0.441. The van der Waals surface area contributed by atoms with Gasteiger partial charge in [0.25, 0.3) is 5.91 Å². The summed E-state index contributed by atoms with van der Waals surface area (Å²) in [5.74, 6) is 0.796. The smallest absolute Gasteiger partial charge is 0.251 e. The molecule has 1 aromatic heterocycles. The van der Waals surface area contributed by atoms with Gasteiger partial charge < -0.3 is 19.5 Å². The average molecular weight is 541 g/mol. The van der Waals surface area contributed by atoms with Crippen LogP contribution >= 0.6 is 0 Å². The number of hydrogen-bond acceptors (Lipinski definition) is 4. The van der Waals surface area contributed by atoms with E-state index in [9.17, 15) is 4.79 Å². The third-order valence-electron chi connectivity index (χ3n) is 7.98. The van der Waals surface area contributed by atoms with Crippen molar-refractivity contribution < 1.29 is 9.53 Å². The van der Waals surface area contributed by atoms with Crippen molar-refractivity contribution in [3.63, 3.8) is 0 Å². The molecule has 1 fully saturated rings. The highest BCUT2D eigenvalue weighted by Gasteiger charge is 2.22. The lowest BCUT2D eigenvalue weighted by Gasteiger charge is -2.32. The number of piperidine rings is 1. The molecule has 3 aromatic carbocycles. The number of aryl methyl sites for hydroxylation is 1. The Morgan fingerprint density at radius 1 is 0.975 bits per heavy atom. The van der Waals surface area contributed by atoms with E-state index < -0.39 is 0 Å². The van der Waals surface area contributed by atoms with Gasteiger partial charge in [-0.3, -0.25) is 9.69 Å². The zero-order chi connectivity index (χ0) is 28.3. The number of fused-ring (bicyclic) bond motifs is 3. The number of hydrogen-bond donors (Lipinski definition) is 1. The van der Waals surface area contributed by atoms with Crippen LogP contribution in [0.5, 0.6) is 5.75 Å². The number of nitrogens with one attached hydrogen (secondary N) is 1. The Bertz CT molecular complexity index is 1450. The van der Waals surface area contributed by atoms with Crippen molar-refractivity contribution in [1.82, 2.24) is 19.7 Å². The molecular weight excluding hydrogens is 496 g/mol. The second kappa shape index (κ2) is 12.0. The van der Waals surface area contributed by atoms with Gasteiger partial charge in [0.1, 0.15) is 11.9 Å². The minimum Gasteiger partial charge on any atom is -0.490 e. The number of carbonyl (C=O) groups is 1. The van der Waals surface area contributed by atoms with Crippen LogP contribution in [0.4, 0.5) is 0 Å². The van der Waals surface area contributed by atoms with Crippen molar-refractivity contribution in [2.75, 3.05) is 40.3 Å². The van der Waals surface area contributed by atoms with Crippen LogP contribution in [0.3, 0.4) is 0 Å². The first-order valence-corrected chi connectivity index (χ1v) is 14.6. The number of benzene rings is 3. The van der Waals surface area contributed by atoms with Gasteiger partial charge >= 0.3 is 0 Å². The molecule has 0 radical (unpaired) electrons. The summed E-state index contributed by atoms with van der Waals surface area (Å²) in [6.07, 6.45) is 2.20. The Hall–Kier alpha value is -3.35. The molecule has 1 amide bonds. The molecule has 4 aromatic rings. The van der Waals surface area contributed by atoms with Crippen molar-refractivity contribution in [2.24, 2.45) is 5.41 Å². The third kappa shape index (κ3) is 6.51. The van der Waals surface area contributed by atoms with Crippen molar-refractivity contribution in [3.8, 4) is 5.75 Å². The third-order valence-corrected chi connectivity index (χ3v) is 7.98. The molecule has 0 unspecified atom stereocenters. The van der Waals surface area contributed by atoms with Gasteiger partial charge in [0.15, 0.2) is 0 Å². The number of ether oxygens (including phenoxy) is 1. The number of likely N-dealkylation sites (tertiary alicyclic amines) is 1. The quantitative estimate of drug-likeness (QED) is 0.261. The molecule has 6 nitrogen and oxygen atoms in total. The molecule has 0 aliphatic carbocycles. The molecule has 0 atom stereocenters. The maximum absolute atomic E-state index is 12.6. The SMILES string of the molecule is CCn1c2ccccc2c2cc(CN3CCC(Oc4ccc(C(=O)NCC(C)(C)CN(C)C)cc4)CC3)ccc21. The van der Waals surface area contributed by atoms with E-state index in [1.807, 2.05) is 24.3 Å². The van der Waals surface area contributed by atoms with E-state index in [0.717, 1.165) is 51.3 Å². The summed E-state index contributed by atoms with van der Waals surface area (Å²) in [6, 6.07) is 23.3. The second-order valence-electron chi connectivity index (χ2n) is 12.3. The summed E-state index contributed by atoms with van der Waals surface area (Å²) < 4.78 is 8.71. The number of aromatic nitrogens is 1. The van der Waals surface area contributed by atoms with Crippen LogP contribution < -0.4 is 10.1 Å². The summed E-state index contributed by atoms with van der Waals surface area (Å²) in [5.41, 5.74) is 4.68. The molecule has 1 aliphatic heterocycles. The fourth-order valence-corrected chi connectivity index (χ4v) is 6.19. The van der Waals surface area contributed by atoms with Crippen molar-refractivity contribution >= 4 is 27.7 Å². The molecular formula is C34H44N4O2. The summed E-state index contributed by atoms with van der Waals surface area (Å²) in [7, 11) is 4.11. The standard InChI is InChI=1S/C34H44N4O2/c1-6-38-31-10-8-7-9-29(31)30-21-25(11-16-32(30)38)22-37-19-17-28(18-20-37)40-27-14-12-26(13-15-27)33(39)35-23-34(2,3)24-36(4)5/h7-16,21,28H,6,17-20,22-24H2,1-5H3,(H,35,39). The molecule has 5 rings (SSSR count). The lowest BCUT2D eigenvalue weighted by atomic mass is 9.93. The molecule has 0 saturated carbocycles. The predicted molar refractivity (Wildman–Crippen MR) is 165 cm³/mol. The Morgan fingerprint density at radius 2 is 1.68 bits per heavy atom. The Balaban J connectivity index is 1.12. The molecule has 6 heteroatoms. The van der Waals surface area contributed by atoms with E-state index in [1.165, 1.54) is 27.4 Å². The first-order chi connectivity index (χ1) is 19.2. The summed E-state index contributed by atoms with van der Waals surface area (Å²) in [4.78, 5) is 17.3. The molecule has 40 heavy (non-hydrogen) atoms. The Labute approximate surface area is 238 Å². The molecule has 1 aliphatic rings. The molecule has 0 bridgehead atoms. The number of nitrogens with zero attached hydrogens (tertiary/aromatic N) is 3. The van der Waals surface area contributed by atoms with Gasteiger partial charge in [-0.2, -0.15) is 0 Å². The van der Waals surface area contributed by atoms with E-state index >= 15 is 0 Å². The molecule has 0 spiro atoms. The van der Waals surface area contributed by atoms with Gasteiger partial charge in [-0.1, -0.05) is 38.1 Å². The normalized spacial score (nSPS) is 15.2. The molecule has 2 heterocycles. The Morgan fingerprint density at radius 3 is 2.38 bits per heavy atom. The summed E-state index contributed by atoms with van der Waals surface area (Å²) in [5, 5.41) is 5.77. The average Bonchev–Trinajstić information content (AvgIpc) is 3.25. The highest BCUT2D eigenvalue weighted by molar-refractivity contribution is 6.08. The van der Waals surface area contributed by atoms with Crippen LogP contribution in [0.1, 0.15) is 49.5 Å². The minimum atomic E-state index is -0.0378. The monoisotopic (exact) mass is 540 g/mol. The van der Waals surface area contributed by atoms with Gasteiger partial charge in [0.05, 0.1) is 0 Å². The highest BCUT2D eigenvalue weighted by atomic mass is 16.5. The maximum atomic E-state index is 12.6. The van der Waals surface area contributed by atoms with Crippen LogP contribution in [0.15, 0.2) is 66.7 Å². The van der Waals surface area contributed by atoms with Crippen molar-refractivity contribution in [1.29, 1.82) is 0 Å². The first kappa shape index (κ1) is 28.2. The van der Waals surface area contributed by atoms with Crippen LogP contribution in [0.2, 0.25) is 0 Å². The van der Waals surface area contributed by atoms with E-state index in [-0.39, 0.29) is 17.4 Å². The molecule has 1 saturated heterocycles. The first-order valence-electron chi connectivity index (χ1n) is 14.6. The van der Waals surface area contributed by atoms with Crippen LogP contribution in [-0.4, -0.2) is 66.7 Å². The zero-order valence-corrected chi connectivity index (χ0v) is 24.7. The van der Waals surface area contributed by atoms with Gasteiger partial charge in [-0.25, -0.2) is 0 Å². The van der Waals surface area contributed by atoms with Crippen LogP contribution in [0, 0.1) is 5.41 Å². The maximum Gasteiger partial charge on any atom is 0.251 e.